The summed E-state index contributed by atoms with van der Waals surface area (Å²) < 4.78 is 0. The molecule has 1 heteroatoms. The van der Waals surface area contributed by atoms with Gasteiger partial charge in [0.1, 0.15) is 0 Å². The van der Waals surface area contributed by atoms with E-state index in [9.17, 15) is 5.11 Å². The van der Waals surface area contributed by atoms with Gasteiger partial charge < -0.3 is 5.11 Å². The van der Waals surface area contributed by atoms with Crippen molar-refractivity contribution in [2.24, 2.45) is 5.41 Å². The highest BCUT2D eigenvalue weighted by Gasteiger charge is 2.41. The Balaban J connectivity index is 2.41. The Morgan fingerprint density at radius 1 is 1.25 bits per heavy atom. The number of hydrogen-bond donors (Lipinski definition) is 1. The van der Waals surface area contributed by atoms with Gasteiger partial charge in [-0.15, -0.1) is 0 Å². The second kappa shape index (κ2) is 4.27. The molecule has 1 fully saturated rings. The molecule has 1 unspecified atom stereocenters. The van der Waals surface area contributed by atoms with Crippen LogP contribution in [0.15, 0.2) is 0 Å². The maximum absolute atomic E-state index is 9.95. The van der Waals surface area contributed by atoms with Crippen molar-refractivity contribution < 1.29 is 5.11 Å². The SMILES string of the molecule is CCCC(O)C1(CCC)CCC1. The summed E-state index contributed by atoms with van der Waals surface area (Å²) in [5.74, 6) is 0. The zero-order valence-corrected chi connectivity index (χ0v) is 8.47. The zero-order chi connectivity index (χ0) is 9.03. The van der Waals surface area contributed by atoms with Crippen LogP contribution in [0.25, 0.3) is 0 Å². The van der Waals surface area contributed by atoms with Crippen LogP contribution >= 0.6 is 0 Å². The van der Waals surface area contributed by atoms with Gasteiger partial charge in [-0.05, 0) is 31.1 Å². The molecule has 0 bridgehead atoms. The number of rotatable bonds is 5. The van der Waals surface area contributed by atoms with E-state index in [-0.39, 0.29) is 6.10 Å². The zero-order valence-electron chi connectivity index (χ0n) is 8.47. The lowest BCUT2D eigenvalue weighted by Gasteiger charge is -2.45. The molecule has 0 heterocycles. The average Bonchev–Trinajstić information content (AvgIpc) is 1.97. The highest BCUT2D eigenvalue weighted by molar-refractivity contribution is 4.92. The largest absolute Gasteiger partial charge is 0.393 e. The van der Waals surface area contributed by atoms with Crippen molar-refractivity contribution in [3.63, 3.8) is 0 Å². The van der Waals surface area contributed by atoms with Crippen LogP contribution in [0.1, 0.15) is 58.8 Å². The van der Waals surface area contributed by atoms with Crippen LogP contribution in [0.3, 0.4) is 0 Å². The summed E-state index contributed by atoms with van der Waals surface area (Å²) in [5.41, 5.74) is 0.338. The van der Waals surface area contributed by atoms with Crippen molar-refractivity contribution >= 4 is 0 Å². The lowest BCUT2D eigenvalue weighted by atomic mass is 9.62. The summed E-state index contributed by atoms with van der Waals surface area (Å²) >= 11 is 0. The normalized spacial score (nSPS) is 23.2. The summed E-state index contributed by atoms with van der Waals surface area (Å²) in [6, 6.07) is 0. The van der Waals surface area contributed by atoms with Crippen molar-refractivity contribution in [1.82, 2.24) is 0 Å². The van der Waals surface area contributed by atoms with Crippen LogP contribution in [0.2, 0.25) is 0 Å². The third-order valence-electron chi connectivity index (χ3n) is 3.37. The molecule has 1 rings (SSSR count). The standard InChI is InChI=1S/C11H22O/c1-3-6-10(12)11(7-4-2)8-5-9-11/h10,12H,3-9H2,1-2H3. The molecule has 0 aliphatic heterocycles. The van der Waals surface area contributed by atoms with Crippen LogP contribution in [0.4, 0.5) is 0 Å². The topological polar surface area (TPSA) is 20.2 Å². The molecule has 1 aliphatic rings. The van der Waals surface area contributed by atoms with E-state index < -0.39 is 0 Å². The van der Waals surface area contributed by atoms with Crippen molar-refractivity contribution in [2.45, 2.75) is 64.9 Å². The van der Waals surface area contributed by atoms with Gasteiger partial charge in [0.15, 0.2) is 0 Å². The van der Waals surface area contributed by atoms with Crippen LogP contribution in [0.5, 0.6) is 0 Å². The van der Waals surface area contributed by atoms with E-state index in [0.717, 1.165) is 12.8 Å². The van der Waals surface area contributed by atoms with Gasteiger partial charge in [0.2, 0.25) is 0 Å². The van der Waals surface area contributed by atoms with Gasteiger partial charge in [-0.3, -0.25) is 0 Å². The molecule has 1 saturated carbocycles. The Labute approximate surface area is 76.2 Å². The summed E-state index contributed by atoms with van der Waals surface area (Å²) in [6.45, 7) is 4.38. The minimum absolute atomic E-state index is 0.0174. The molecule has 0 aromatic carbocycles. The number of hydrogen-bond acceptors (Lipinski definition) is 1. The second-order valence-corrected chi connectivity index (χ2v) is 4.27. The number of aliphatic hydroxyl groups excluding tert-OH is 1. The van der Waals surface area contributed by atoms with E-state index in [2.05, 4.69) is 13.8 Å². The van der Waals surface area contributed by atoms with E-state index in [1.165, 1.54) is 32.1 Å². The summed E-state index contributed by atoms with van der Waals surface area (Å²) in [5, 5.41) is 9.95. The molecular formula is C11H22O. The highest BCUT2D eigenvalue weighted by Crippen LogP contribution is 2.48. The first-order valence-electron chi connectivity index (χ1n) is 5.43. The molecule has 0 aromatic heterocycles. The highest BCUT2D eigenvalue weighted by atomic mass is 16.3. The molecular weight excluding hydrogens is 148 g/mol. The van der Waals surface area contributed by atoms with Crippen molar-refractivity contribution in [1.29, 1.82) is 0 Å². The second-order valence-electron chi connectivity index (χ2n) is 4.27. The van der Waals surface area contributed by atoms with Gasteiger partial charge in [0, 0.05) is 0 Å². The molecule has 0 amide bonds. The van der Waals surface area contributed by atoms with Gasteiger partial charge >= 0.3 is 0 Å². The maximum atomic E-state index is 9.95. The lowest BCUT2D eigenvalue weighted by molar-refractivity contribution is -0.0461. The average molecular weight is 170 g/mol. The van der Waals surface area contributed by atoms with Crippen molar-refractivity contribution in [3.8, 4) is 0 Å². The monoisotopic (exact) mass is 170 g/mol. The molecule has 1 atom stereocenters. The maximum Gasteiger partial charge on any atom is 0.0596 e. The van der Waals surface area contributed by atoms with Crippen LogP contribution in [-0.4, -0.2) is 11.2 Å². The van der Waals surface area contributed by atoms with E-state index >= 15 is 0 Å². The molecule has 72 valence electrons. The Kier molecular flexibility index (Phi) is 3.57. The first-order valence-corrected chi connectivity index (χ1v) is 5.43. The van der Waals surface area contributed by atoms with Gasteiger partial charge in [-0.1, -0.05) is 33.1 Å². The van der Waals surface area contributed by atoms with Crippen LogP contribution < -0.4 is 0 Å². The Morgan fingerprint density at radius 2 is 1.92 bits per heavy atom. The van der Waals surface area contributed by atoms with E-state index in [1.54, 1.807) is 0 Å². The fourth-order valence-corrected chi connectivity index (χ4v) is 2.46. The molecule has 0 radical (unpaired) electrons. The van der Waals surface area contributed by atoms with Gasteiger partial charge in [0.25, 0.3) is 0 Å². The van der Waals surface area contributed by atoms with Crippen molar-refractivity contribution in [2.75, 3.05) is 0 Å². The fraction of sp³-hybridized carbons (Fsp3) is 1.00. The lowest BCUT2D eigenvalue weighted by Crippen LogP contribution is -2.41. The smallest absolute Gasteiger partial charge is 0.0596 e. The first kappa shape index (κ1) is 10.0. The van der Waals surface area contributed by atoms with Crippen molar-refractivity contribution in [3.05, 3.63) is 0 Å². The van der Waals surface area contributed by atoms with E-state index in [4.69, 9.17) is 0 Å². The molecule has 12 heavy (non-hydrogen) atoms. The van der Waals surface area contributed by atoms with Crippen LogP contribution in [0, 0.1) is 5.41 Å². The minimum Gasteiger partial charge on any atom is -0.393 e. The van der Waals surface area contributed by atoms with Gasteiger partial charge in [0.05, 0.1) is 6.10 Å². The Morgan fingerprint density at radius 3 is 2.25 bits per heavy atom. The predicted octanol–water partition coefficient (Wildman–Crippen LogP) is 3.12. The first-order chi connectivity index (χ1) is 5.75. The summed E-state index contributed by atoms with van der Waals surface area (Å²) in [6.07, 6.45) is 8.42. The molecule has 0 saturated heterocycles. The van der Waals surface area contributed by atoms with Crippen LogP contribution in [-0.2, 0) is 0 Å². The van der Waals surface area contributed by atoms with E-state index in [0.29, 0.717) is 5.41 Å². The van der Waals surface area contributed by atoms with Gasteiger partial charge in [-0.25, -0.2) is 0 Å². The van der Waals surface area contributed by atoms with Gasteiger partial charge in [-0.2, -0.15) is 0 Å². The molecule has 0 spiro atoms. The third kappa shape index (κ3) is 1.82. The molecule has 1 nitrogen and oxygen atoms in total. The quantitative estimate of drug-likeness (QED) is 0.672. The molecule has 1 aliphatic carbocycles. The predicted molar refractivity (Wildman–Crippen MR) is 52.1 cm³/mol. The minimum atomic E-state index is -0.0174. The molecule has 0 aromatic rings. The summed E-state index contributed by atoms with van der Waals surface area (Å²) in [4.78, 5) is 0. The number of aliphatic hydroxyl groups is 1. The fourth-order valence-electron chi connectivity index (χ4n) is 2.46. The third-order valence-corrected chi connectivity index (χ3v) is 3.37. The Hall–Kier alpha value is -0.0400. The Bertz CT molecular complexity index is 127. The molecule has 1 N–H and O–H groups in total. The summed E-state index contributed by atoms with van der Waals surface area (Å²) in [7, 11) is 0. The van der Waals surface area contributed by atoms with E-state index in [1.807, 2.05) is 0 Å².